The zero-order chi connectivity index (χ0) is 31.0. The minimum atomic E-state index is -1.73. The lowest BCUT2D eigenvalue weighted by Crippen LogP contribution is -2.63. The lowest BCUT2D eigenvalue weighted by Gasteiger charge is -2.47. The minimum Gasteiger partial charge on any atom is -0.497 e. The van der Waals surface area contributed by atoms with Gasteiger partial charge in [0.25, 0.3) is 0 Å². The second-order valence-corrected chi connectivity index (χ2v) is 11.0. The first-order chi connectivity index (χ1) is 20.5. The predicted molar refractivity (Wildman–Crippen MR) is 141 cm³/mol. The molecule has 5 rings (SSSR count). The van der Waals surface area contributed by atoms with Gasteiger partial charge in [0.1, 0.15) is 60.7 Å². The van der Waals surface area contributed by atoms with E-state index in [-0.39, 0.29) is 24.4 Å². The largest absolute Gasteiger partial charge is 0.497 e. The zero-order valence-electron chi connectivity index (χ0n) is 23.5. The molecule has 3 aliphatic heterocycles. The first-order valence-corrected chi connectivity index (χ1v) is 13.9. The highest BCUT2D eigenvalue weighted by Crippen LogP contribution is 2.40. The lowest BCUT2D eigenvalue weighted by molar-refractivity contribution is -0.337. The van der Waals surface area contributed by atoms with E-state index in [0.717, 1.165) is 0 Å². The zero-order valence-corrected chi connectivity index (χ0v) is 23.5. The third-order valence-corrected chi connectivity index (χ3v) is 8.39. The summed E-state index contributed by atoms with van der Waals surface area (Å²) < 4.78 is 38.9. The van der Waals surface area contributed by atoms with Crippen molar-refractivity contribution in [3.8, 4) is 5.75 Å². The van der Waals surface area contributed by atoms with Crippen molar-refractivity contribution >= 4 is 11.4 Å². The van der Waals surface area contributed by atoms with E-state index < -0.39 is 92.2 Å². The van der Waals surface area contributed by atoms with E-state index in [0.29, 0.717) is 11.3 Å². The van der Waals surface area contributed by atoms with Crippen LogP contribution in [0.25, 0.3) is 5.57 Å². The number of hydrogen-bond donors (Lipinski definition) is 7. The SMILES string of the molecule is COc1ccc(C2=COC3CC(O[C@@H]4O[C@H](CO[C@@H]5OC[C@@H](O)[C@H](O)[C@H]5O)[C@@H](O)[C@H](O)[C@H]4O)C(OC)C(O)C3C2=O)cc1. The van der Waals surface area contributed by atoms with Crippen LogP contribution in [0.15, 0.2) is 30.5 Å². The van der Waals surface area contributed by atoms with Crippen LogP contribution in [0.1, 0.15) is 12.0 Å². The summed E-state index contributed by atoms with van der Waals surface area (Å²) in [7, 11) is 2.85. The van der Waals surface area contributed by atoms with E-state index in [1.807, 2.05) is 0 Å². The standard InChI is InChI=1S/C28H38O15/c1-37-12-5-3-11(4-6-12)13-8-39-15-7-16(26(38-2)22(33)18(15)19(13)30)42-28-25(36)23(34)21(32)17(43-28)10-41-27-24(35)20(31)14(29)9-40-27/h3-6,8,14-18,20-29,31-36H,7,9-10H2,1-2H3/t14-,15?,16?,17-,18?,20+,21-,22?,23+,24-,25-,26?,27+,28-/m1/s1. The molecule has 0 spiro atoms. The molecule has 0 radical (unpaired) electrons. The number of ether oxygens (including phenoxy) is 7. The van der Waals surface area contributed by atoms with Crippen molar-refractivity contribution in [2.45, 2.75) is 86.1 Å². The molecule has 1 aromatic rings. The maximum absolute atomic E-state index is 13.5. The summed E-state index contributed by atoms with van der Waals surface area (Å²) in [6.45, 7) is -0.770. The Kier molecular flexibility index (Phi) is 10.0. The van der Waals surface area contributed by atoms with Crippen LogP contribution in [-0.4, -0.2) is 149 Å². The quantitative estimate of drug-likeness (QED) is 0.155. The number of fused-ring (bicyclic) bond motifs is 1. The van der Waals surface area contributed by atoms with Crippen molar-refractivity contribution < 1.29 is 73.7 Å². The van der Waals surface area contributed by atoms with Crippen molar-refractivity contribution in [3.63, 3.8) is 0 Å². The molecule has 0 aromatic heterocycles. The van der Waals surface area contributed by atoms with Gasteiger partial charge < -0.3 is 68.9 Å². The van der Waals surface area contributed by atoms with Gasteiger partial charge in [-0.2, -0.15) is 0 Å². The molecular weight excluding hydrogens is 576 g/mol. The summed E-state index contributed by atoms with van der Waals surface area (Å²) in [5.74, 6) is -0.710. The number of aliphatic hydroxyl groups is 7. The van der Waals surface area contributed by atoms with E-state index >= 15 is 0 Å². The molecule has 3 heterocycles. The minimum absolute atomic E-state index is 0.0487. The van der Waals surface area contributed by atoms with Crippen molar-refractivity contribution in [3.05, 3.63) is 36.1 Å². The molecule has 0 amide bonds. The van der Waals surface area contributed by atoms with Crippen molar-refractivity contribution in [1.29, 1.82) is 0 Å². The Morgan fingerprint density at radius 2 is 1.56 bits per heavy atom. The average Bonchev–Trinajstić information content (AvgIpc) is 3.00. The van der Waals surface area contributed by atoms with E-state index in [2.05, 4.69) is 0 Å². The Hall–Kier alpha value is -2.25. The second kappa shape index (κ2) is 13.4. The summed E-state index contributed by atoms with van der Waals surface area (Å²) in [5, 5.41) is 72.5. The van der Waals surface area contributed by atoms with Crippen LogP contribution in [0.4, 0.5) is 0 Å². The monoisotopic (exact) mass is 614 g/mol. The molecule has 43 heavy (non-hydrogen) atoms. The van der Waals surface area contributed by atoms with Gasteiger partial charge in [-0.05, 0) is 17.7 Å². The van der Waals surface area contributed by atoms with Gasteiger partial charge in [-0.3, -0.25) is 4.79 Å². The third kappa shape index (κ3) is 6.31. The lowest BCUT2D eigenvalue weighted by atomic mass is 9.74. The van der Waals surface area contributed by atoms with Gasteiger partial charge in [0.05, 0.1) is 50.3 Å². The summed E-state index contributed by atoms with van der Waals surface area (Å²) >= 11 is 0. The smallest absolute Gasteiger partial charge is 0.187 e. The molecule has 15 nitrogen and oxygen atoms in total. The van der Waals surface area contributed by atoms with Gasteiger partial charge in [0.2, 0.25) is 0 Å². The Labute approximate surface area is 246 Å². The highest BCUT2D eigenvalue weighted by Gasteiger charge is 2.54. The van der Waals surface area contributed by atoms with E-state index in [4.69, 9.17) is 33.2 Å². The number of benzene rings is 1. The fourth-order valence-corrected chi connectivity index (χ4v) is 5.87. The Balaban J connectivity index is 1.26. The van der Waals surface area contributed by atoms with Crippen molar-refractivity contribution in [1.82, 2.24) is 0 Å². The van der Waals surface area contributed by atoms with Gasteiger partial charge in [-0.15, -0.1) is 0 Å². The van der Waals surface area contributed by atoms with Crippen LogP contribution in [0.5, 0.6) is 5.75 Å². The number of hydrogen-bond acceptors (Lipinski definition) is 15. The predicted octanol–water partition coefficient (Wildman–Crippen LogP) is -2.95. The molecule has 2 saturated heterocycles. The maximum Gasteiger partial charge on any atom is 0.187 e. The molecule has 4 aliphatic rings. The second-order valence-electron chi connectivity index (χ2n) is 11.0. The van der Waals surface area contributed by atoms with Gasteiger partial charge in [-0.25, -0.2) is 0 Å². The first kappa shape index (κ1) is 32.2. The maximum atomic E-state index is 13.5. The number of aliphatic hydroxyl groups excluding tert-OH is 7. The molecular formula is C28H38O15. The number of rotatable bonds is 8. The van der Waals surface area contributed by atoms with Crippen LogP contribution < -0.4 is 4.74 Å². The van der Waals surface area contributed by atoms with Crippen molar-refractivity contribution in [2.75, 3.05) is 27.4 Å². The fraction of sp³-hybridized carbons (Fsp3) is 0.679. The van der Waals surface area contributed by atoms with E-state index in [1.165, 1.54) is 20.5 Å². The average molecular weight is 615 g/mol. The van der Waals surface area contributed by atoms with Gasteiger partial charge in [0.15, 0.2) is 18.4 Å². The number of methoxy groups -OCH3 is 2. The molecule has 1 aromatic carbocycles. The first-order valence-electron chi connectivity index (χ1n) is 13.9. The van der Waals surface area contributed by atoms with Gasteiger partial charge >= 0.3 is 0 Å². The number of carbonyl (C=O) groups excluding carboxylic acids is 1. The third-order valence-electron chi connectivity index (χ3n) is 8.39. The summed E-state index contributed by atoms with van der Waals surface area (Å²) in [6, 6.07) is 6.81. The molecule has 5 unspecified atom stereocenters. The highest BCUT2D eigenvalue weighted by atomic mass is 16.7. The van der Waals surface area contributed by atoms with Crippen LogP contribution in [0.2, 0.25) is 0 Å². The summed E-state index contributed by atoms with van der Waals surface area (Å²) in [4.78, 5) is 13.5. The number of Topliss-reactive ketones (excluding diaryl/α,β-unsaturated/α-hetero) is 1. The summed E-state index contributed by atoms with van der Waals surface area (Å²) in [6.07, 6.45) is -16.5. The molecule has 3 fully saturated rings. The molecule has 7 N–H and O–H groups in total. The summed E-state index contributed by atoms with van der Waals surface area (Å²) in [5.41, 5.74) is 0.859. The van der Waals surface area contributed by atoms with E-state index in [1.54, 1.807) is 24.3 Å². The number of ketones is 1. The fourth-order valence-electron chi connectivity index (χ4n) is 5.87. The van der Waals surface area contributed by atoms with Crippen LogP contribution in [0.3, 0.4) is 0 Å². The van der Waals surface area contributed by atoms with Crippen LogP contribution in [0, 0.1) is 5.92 Å². The Morgan fingerprint density at radius 1 is 0.860 bits per heavy atom. The molecule has 14 atom stereocenters. The molecule has 15 heteroatoms. The van der Waals surface area contributed by atoms with Crippen LogP contribution >= 0.6 is 0 Å². The Bertz CT molecular complexity index is 1130. The molecule has 240 valence electrons. The number of carbonyl (C=O) groups is 1. The molecule has 1 aliphatic carbocycles. The van der Waals surface area contributed by atoms with E-state index in [9.17, 15) is 40.5 Å². The van der Waals surface area contributed by atoms with Gasteiger partial charge in [0, 0.05) is 13.5 Å². The normalized spacial score (nSPS) is 43.4. The number of allylic oxidation sites excluding steroid dienone is 1. The molecule has 0 bridgehead atoms. The molecule has 1 saturated carbocycles. The van der Waals surface area contributed by atoms with Gasteiger partial charge in [-0.1, -0.05) is 12.1 Å². The Morgan fingerprint density at radius 3 is 2.23 bits per heavy atom. The highest BCUT2D eigenvalue weighted by molar-refractivity contribution is 6.22. The topological polar surface area (TPSA) is 223 Å². The van der Waals surface area contributed by atoms with Crippen molar-refractivity contribution in [2.24, 2.45) is 5.92 Å². The van der Waals surface area contributed by atoms with Crippen LogP contribution in [-0.2, 0) is 33.2 Å².